The fourth-order valence-electron chi connectivity index (χ4n) is 1.21. The summed E-state index contributed by atoms with van der Waals surface area (Å²) in [5.74, 6) is -0.362. The number of ether oxygens (including phenoxy) is 1. The SMILES string of the molecule is CCOC(=O)CC(O)C(O)c1cc(N)n[nH]1. The van der Waals surface area contributed by atoms with E-state index >= 15 is 0 Å². The van der Waals surface area contributed by atoms with E-state index in [0.29, 0.717) is 0 Å². The molecule has 7 heteroatoms. The molecule has 0 bridgehead atoms. The lowest BCUT2D eigenvalue weighted by atomic mass is 10.1. The number of rotatable bonds is 5. The van der Waals surface area contributed by atoms with Crippen molar-refractivity contribution < 1.29 is 19.7 Å². The molecule has 0 aliphatic heterocycles. The van der Waals surface area contributed by atoms with Gasteiger partial charge in [-0.15, -0.1) is 0 Å². The van der Waals surface area contributed by atoms with Gasteiger partial charge in [0.2, 0.25) is 0 Å². The number of aromatic nitrogens is 2. The Morgan fingerprint density at radius 2 is 2.38 bits per heavy atom. The van der Waals surface area contributed by atoms with Gasteiger partial charge in [0.1, 0.15) is 11.9 Å². The predicted octanol–water partition coefficient (Wildman–Crippen LogP) is -0.661. The molecule has 0 saturated carbocycles. The number of nitrogens with one attached hydrogen (secondary N) is 1. The topological polar surface area (TPSA) is 121 Å². The number of aliphatic hydroxyl groups is 2. The standard InChI is InChI=1S/C9H15N3O4/c1-2-16-8(14)4-6(13)9(15)5-3-7(10)12-11-5/h3,6,9,13,15H,2,4H2,1H3,(H3,10,11,12). The van der Waals surface area contributed by atoms with Crippen LogP contribution in [0.25, 0.3) is 0 Å². The quantitative estimate of drug-likeness (QED) is 0.497. The summed E-state index contributed by atoms with van der Waals surface area (Å²) >= 11 is 0. The fourth-order valence-corrected chi connectivity index (χ4v) is 1.21. The first-order valence-electron chi connectivity index (χ1n) is 4.87. The second-order valence-corrected chi connectivity index (χ2v) is 3.27. The molecule has 0 fully saturated rings. The van der Waals surface area contributed by atoms with E-state index in [0.717, 1.165) is 0 Å². The lowest BCUT2D eigenvalue weighted by Gasteiger charge is -2.15. The number of aliphatic hydroxyl groups excluding tert-OH is 2. The van der Waals surface area contributed by atoms with Gasteiger partial charge in [0, 0.05) is 6.07 Å². The Kier molecular flexibility index (Phi) is 4.27. The Balaban J connectivity index is 2.53. The van der Waals surface area contributed by atoms with E-state index in [2.05, 4.69) is 14.9 Å². The van der Waals surface area contributed by atoms with Crippen LogP contribution in [0.4, 0.5) is 5.82 Å². The number of aromatic amines is 1. The number of nitrogens with two attached hydrogens (primary N) is 1. The van der Waals surface area contributed by atoms with E-state index in [9.17, 15) is 15.0 Å². The zero-order valence-corrected chi connectivity index (χ0v) is 8.88. The predicted molar refractivity (Wildman–Crippen MR) is 55.2 cm³/mol. The minimum Gasteiger partial charge on any atom is -0.466 e. The Hall–Kier alpha value is -1.60. The molecular formula is C9H15N3O4. The van der Waals surface area contributed by atoms with Crippen molar-refractivity contribution in [1.29, 1.82) is 0 Å². The molecule has 5 N–H and O–H groups in total. The molecule has 0 radical (unpaired) electrons. The lowest BCUT2D eigenvalue weighted by molar-refractivity contribution is -0.147. The van der Waals surface area contributed by atoms with Crippen LogP contribution in [0.15, 0.2) is 6.07 Å². The summed E-state index contributed by atoms with van der Waals surface area (Å²) in [5, 5.41) is 25.2. The van der Waals surface area contributed by atoms with Crippen LogP contribution in [0.1, 0.15) is 25.1 Å². The maximum Gasteiger partial charge on any atom is 0.308 e. The number of anilines is 1. The van der Waals surface area contributed by atoms with Gasteiger partial charge >= 0.3 is 5.97 Å². The molecular weight excluding hydrogens is 214 g/mol. The summed E-state index contributed by atoms with van der Waals surface area (Å²) in [6.07, 6.45) is -2.78. The van der Waals surface area contributed by atoms with Crippen LogP contribution in [0.5, 0.6) is 0 Å². The van der Waals surface area contributed by atoms with Crippen molar-refractivity contribution in [3.8, 4) is 0 Å². The number of hydrogen-bond acceptors (Lipinski definition) is 6. The van der Waals surface area contributed by atoms with Gasteiger partial charge < -0.3 is 20.7 Å². The number of carbonyl (C=O) groups is 1. The van der Waals surface area contributed by atoms with Crippen molar-refractivity contribution in [3.63, 3.8) is 0 Å². The molecule has 0 aliphatic rings. The molecule has 90 valence electrons. The minimum atomic E-state index is -1.25. The fraction of sp³-hybridized carbons (Fsp3) is 0.556. The average molecular weight is 229 g/mol. The average Bonchev–Trinajstić information content (AvgIpc) is 2.64. The second-order valence-electron chi connectivity index (χ2n) is 3.27. The maximum absolute atomic E-state index is 11.1. The first kappa shape index (κ1) is 12.5. The van der Waals surface area contributed by atoms with Crippen LogP contribution >= 0.6 is 0 Å². The van der Waals surface area contributed by atoms with Crippen molar-refractivity contribution in [1.82, 2.24) is 10.2 Å². The van der Waals surface area contributed by atoms with E-state index in [1.807, 2.05) is 0 Å². The molecule has 2 atom stereocenters. The van der Waals surface area contributed by atoms with Crippen molar-refractivity contribution in [3.05, 3.63) is 11.8 Å². The van der Waals surface area contributed by atoms with Crippen molar-refractivity contribution in [2.75, 3.05) is 12.3 Å². The highest BCUT2D eigenvalue weighted by molar-refractivity contribution is 5.70. The molecule has 1 aromatic rings. The molecule has 0 aromatic carbocycles. The van der Waals surface area contributed by atoms with Crippen molar-refractivity contribution >= 4 is 11.8 Å². The minimum absolute atomic E-state index is 0.206. The third-order valence-corrected chi connectivity index (χ3v) is 1.98. The second kappa shape index (κ2) is 5.47. The molecule has 0 saturated heterocycles. The summed E-state index contributed by atoms with van der Waals surface area (Å²) < 4.78 is 4.64. The molecule has 1 rings (SSSR count). The number of carbonyl (C=O) groups excluding carboxylic acids is 1. The van der Waals surface area contributed by atoms with Gasteiger partial charge in [-0.3, -0.25) is 9.89 Å². The molecule has 2 unspecified atom stereocenters. The van der Waals surface area contributed by atoms with Gasteiger partial charge in [-0.25, -0.2) is 0 Å². The van der Waals surface area contributed by atoms with Gasteiger partial charge in [-0.05, 0) is 6.92 Å². The molecule has 0 aliphatic carbocycles. The molecule has 0 amide bonds. The number of nitrogen functional groups attached to an aromatic ring is 1. The van der Waals surface area contributed by atoms with Crippen LogP contribution in [-0.2, 0) is 9.53 Å². The van der Waals surface area contributed by atoms with Crippen LogP contribution in [-0.4, -0.2) is 39.1 Å². The van der Waals surface area contributed by atoms with Gasteiger partial charge in [0.25, 0.3) is 0 Å². The summed E-state index contributed by atoms with van der Waals surface area (Å²) in [5.41, 5.74) is 5.60. The molecule has 0 spiro atoms. The van der Waals surface area contributed by atoms with E-state index in [1.54, 1.807) is 6.92 Å². The van der Waals surface area contributed by atoms with Gasteiger partial charge in [0.05, 0.1) is 24.8 Å². The van der Waals surface area contributed by atoms with Crippen LogP contribution in [0, 0.1) is 0 Å². The molecule has 1 heterocycles. The van der Waals surface area contributed by atoms with E-state index in [4.69, 9.17) is 5.73 Å². The van der Waals surface area contributed by atoms with Crippen LogP contribution in [0.2, 0.25) is 0 Å². The summed E-state index contributed by atoms with van der Waals surface area (Å²) in [6.45, 7) is 1.90. The van der Waals surface area contributed by atoms with E-state index in [1.165, 1.54) is 6.07 Å². The summed E-state index contributed by atoms with van der Waals surface area (Å²) in [4.78, 5) is 11.1. The lowest BCUT2D eigenvalue weighted by Crippen LogP contribution is -2.23. The van der Waals surface area contributed by atoms with Gasteiger partial charge in [0.15, 0.2) is 0 Å². The van der Waals surface area contributed by atoms with Crippen LogP contribution in [0.3, 0.4) is 0 Å². The normalized spacial score (nSPS) is 14.4. The Morgan fingerprint density at radius 3 is 2.88 bits per heavy atom. The molecule has 7 nitrogen and oxygen atoms in total. The Morgan fingerprint density at radius 1 is 1.69 bits per heavy atom. The highest BCUT2D eigenvalue weighted by Gasteiger charge is 2.23. The van der Waals surface area contributed by atoms with Crippen molar-refractivity contribution in [2.45, 2.75) is 25.6 Å². The maximum atomic E-state index is 11.1. The third kappa shape index (κ3) is 3.21. The van der Waals surface area contributed by atoms with E-state index in [-0.39, 0.29) is 24.5 Å². The van der Waals surface area contributed by atoms with Gasteiger partial charge in [-0.2, -0.15) is 5.10 Å². The smallest absolute Gasteiger partial charge is 0.308 e. The van der Waals surface area contributed by atoms with Gasteiger partial charge in [-0.1, -0.05) is 0 Å². The number of H-pyrrole nitrogens is 1. The zero-order chi connectivity index (χ0) is 12.1. The number of esters is 1. The first-order chi connectivity index (χ1) is 7.54. The number of hydrogen-bond donors (Lipinski definition) is 4. The summed E-state index contributed by atoms with van der Waals surface area (Å²) in [6, 6.07) is 1.39. The third-order valence-electron chi connectivity index (χ3n) is 1.98. The molecule has 16 heavy (non-hydrogen) atoms. The Labute approximate surface area is 92.2 Å². The summed E-state index contributed by atoms with van der Waals surface area (Å²) in [7, 11) is 0. The van der Waals surface area contributed by atoms with Crippen LogP contribution < -0.4 is 5.73 Å². The monoisotopic (exact) mass is 229 g/mol. The number of nitrogens with zero attached hydrogens (tertiary/aromatic N) is 1. The largest absolute Gasteiger partial charge is 0.466 e. The Bertz CT molecular complexity index is 352. The highest BCUT2D eigenvalue weighted by Crippen LogP contribution is 2.18. The first-order valence-corrected chi connectivity index (χ1v) is 4.87. The zero-order valence-electron chi connectivity index (χ0n) is 8.88. The van der Waals surface area contributed by atoms with Crippen molar-refractivity contribution in [2.24, 2.45) is 0 Å². The highest BCUT2D eigenvalue weighted by atomic mass is 16.5. The molecule has 1 aromatic heterocycles. The van der Waals surface area contributed by atoms with E-state index < -0.39 is 18.2 Å².